The number of hydrogen-bond donors (Lipinski definition) is 0. The minimum absolute atomic E-state index is 0.505. The molecule has 0 aliphatic rings. The standard InChI is InChI=1S/C12H13FN2/c1-15(2)9-12(8-14)11-5-3-4-10(6-11)7-13/h3-6,9H,7H2,1-2H3/b12-9+. The summed E-state index contributed by atoms with van der Waals surface area (Å²) in [6.45, 7) is -0.505. The predicted molar refractivity (Wildman–Crippen MR) is 58.5 cm³/mol. The molecule has 0 N–H and O–H groups in total. The van der Waals surface area contributed by atoms with Gasteiger partial charge in [-0.15, -0.1) is 0 Å². The fourth-order valence-electron chi connectivity index (χ4n) is 1.25. The van der Waals surface area contributed by atoms with Crippen molar-refractivity contribution in [1.29, 1.82) is 5.26 Å². The average Bonchev–Trinajstić information content (AvgIpc) is 2.25. The Kier molecular flexibility index (Phi) is 3.87. The Bertz CT molecular complexity index is 402. The molecule has 0 heterocycles. The molecule has 2 nitrogen and oxygen atoms in total. The number of rotatable bonds is 3. The molecule has 0 unspecified atom stereocenters. The van der Waals surface area contributed by atoms with Gasteiger partial charge in [-0.3, -0.25) is 0 Å². The zero-order chi connectivity index (χ0) is 11.3. The van der Waals surface area contributed by atoms with E-state index in [1.807, 2.05) is 14.1 Å². The minimum Gasteiger partial charge on any atom is -0.382 e. The van der Waals surface area contributed by atoms with E-state index in [2.05, 4.69) is 6.07 Å². The van der Waals surface area contributed by atoms with Crippen LogP contribution in [0.25, 0.3) is 5.57 Å². The van der Waals surface area contributed by atoms with Crippen LogP contribution >= 0.6 is 0 Å². The predicted octanol–water partition coefficient (Wildman–Crippen LogP) is 2.58. The van der Waals surface area contributed by atoms with Crippen LogP contribution in [-0.2, 0) is 6.67 Å². The van der Waals surface area contributed by atoms with Gasteiger partial charge in [-0.1, -0.05) is 18.2 Å². The second-order valence-corrected chi connectivity index (χ2v) is 3.45. The van der Waals surface area contributed by atoms with E-state index in [4.69, 9.17) is 5.26 Å². The molecule has 15 heavy (non-hydrogen) atoms. The highest BCUT2D eigenvalue weighted by Crippen LogP contribution is 2.16. The van der Waals surface area contributed by atoms with E-state index >= 15 is 0 Å². The largest absolute Gasteiger partial charge is 0.382 e. The number of halogens is 1. The van der Waals surface area contributed by atoms with E-state index in [0.29, 0.717) is 11.1 Å². The Hall–Kier alpha value is -1.82. The second-order valence-electron chi connectivity index (χ2n) is 3.45. The second kappa shape index (κ2) is 5.16. The molecule has 0 saturated carbocycles. The number of alkyl halides is 1. The monoisotopic (exact) mass is 204 g/mol. The highest BCUT2D eigenvalue weighted by atomic mass is 19.1. The van der Waals surface area contributed by atoms with Crippen molar-refractivity contribution in [2.45, 2.75) is 6.67 Å². The van der Waals surface area contributed by atoms with E-state index < -0.39 is 6.67 Å². The molecule has 1 aromatic carbocycles. The van der Waals surface area contributed by atoms with Crippen LogP contribution in [0.3, 0.4) is 0 Å². The Morgan fingerprint density at radius 3 is 2.80 bits per heavy atom. The van der Waals surface area contributed by atoms with Crippen molar-refractivity contribution in [2.75, 3.05) is 14.1 Å². The maximum Gasteiger partial charge on any atom is 0.115 e. The highest BCUT2D eigenvalue weighted by Gasteiger charge is 2.02. The zero-order valence-electron chi connectivity index (χ0n) is 8.87. The van der Waals surface area contributed by atoms with Crippen molar-refractivity contribution in [3.05, 3.63) is 41.6 Å². The summed E-state index contributed by atoms with van der Waals surface area (Å²) in [4.78, 5) is 1.79. The third-order valence-corrected chi connectivity index (χ3v) is 1.90. The molecule has 0 spiro atoms. The number of allylic oxidation sites excluding steroid dienone is 1. The van der Waals surface area contributed by atoms with Crippen LogP contribution < -0.4 is 0 Å². The summed E-state index contributed by atoms with van der Waals surface area (Å²) in [6.07, 6.45) is 1.72. The smallest absolute Gasteiger partial charge is 0.115 e. The van der Waals surface area contributed by atoms with Crippen LogP contribution in [0.2, 0.25) is 0 Å². The van der Waals surface area contributed by atoms with Gasteiger partial charge in [-0.2, -0.15) is 5.26 Å². The molecule has 0 saturated heterocycles. The van der Waals surface area contributed by atoms with E-state index in [1.165, 1.54) is 0 Å². The Balaban J connectivity index is 3.09. The molecular weight excluding hydrogens is 191 g/mol. The lowest BCUT2D eigenvalue weighted by molar-refractivity contribution is 0.485. The fraction of sp³-hybridized carbons (Fsp3) is 0.250. The topological polar surface area (TPSA) is 27.0 Å². The normalized spacial score (nSPS) is 10.9. The summed E-state index contributed by atoms with van der Waals surface area (Å²) in [5.74, 6) is 0. The fourth-order valence-corrected chi connectivity index (χ4v) is 1.25. The van der Waals surface area contributed by atoms with Crippen molar-refractivity contribution < 1.29 is 4.39 Å². The third kappa shape index (κ3) is 3.10. The molecule has 0 amide bonds. The van der Waals surface area contributed by atoms with Gasteiger partial charge in [-0.05, 0) is 17.2 Å². The third-order valence-electron chi connectivity index (χ3n) is 1.90. The van der Waals surface area contributed by atoms with E-state index in [1.54, 1.807) is 35.4 Å². The Labute approximate surface area is 89.2 Å². The molecule has 0 aliphatic carbocycles. The van der Waals surface area contributed by atoms with Gasteiger partial charge in [0.05, 0.1) is 5.57 Å². The molecular formula is C12H13FN2. The van der Waals surface area contributed by atoms with E-state index in [0.717, 1.165) is 5.56 Å². The first-order chi connectivity index (χ1) is 7.17. The van der Waals surface area contributed by atoms with Crippen LogP contribution in [0.1, 0.15) is 11.1 Å². The average molecular weight is 204 g/mol. The summed E-state index contributed by atoms with van der Waals surface area (Å²) < 4.78 is 12.4. The lowest BCUT2D eigenvalue weighted by Gasteiger charge is -2.07. The first-order valence-electron chi connectivity index (χ1n) is 4.61. The first kappa shape index (κ1) is 11.3. The molecule has 1 aromatic rings. The van der Waals surface area contributed by atoms with Gasteiger partial charge in [0.25, 0.3) is 0 Å². The van der Waals surface area contributed by atoms with Crippen LogP contribution in [-0.4, -0.2) is 19.0 Å². The van der Waals surface area contributed by atoms with E-state index in [-0.39, 0.29) is 0 Å². The molecule has 0 radical (unpaired) electrons. The lowest BCUT2D eigenvalue weighted by atomic mass is 10.1. The summed E-state index contributed by atoms with van der Waals surface area (Å²) in [7, 11) is 3.69. The quantitative estimate of drug-likeness (QED) is 0.707. The number of nitriles is 1. The van der Waals surface area contributed by atoms with Crippen molar-refractivity contribution in [1.82, 2.24) is 4.90 Å². The molecule has 0 aromatic heterocycles. The summed E-state index contributed by atoms with van der Waals surface area (Å²) in [5.41, 5.74) is 1.88. The van der Waals surface area contributed by atoms with Crippen LogP contribution in [0.5, 0.6) is 0 Å². The Morgan fingerprint density at radius 1 is 1.53 bits per heavy atom. The Morgan fingerprint density at radius 2 is 2.27 bits per heavy atom. The first-order valence-corrected chi connectivity index (χ1v) is 4.61. The number of nitrogens with zero attached hydrogens (tertiary/aromatic N) is 2. The molecule has 1 rings (SSSR count). The van der Waals surface area contributed by atoms with Gasteiger partial charge in [0.2, 0.25) is 0 Å². The van der Waals surface area contributed by atoms with Gasteiger partial charge in [0.15, 0.2) is 0 Å². The van der Waals surface area contributed by atoms with Crippen LogP contribution in [0.4, 0.5) is 4.39 Å². The molecule has 78 valence electrons. The summed E-state index contributed by atoms with van der Waals surface area (Å²) in [6, 6.07) is 9.05. The number of benzene rings is 1. The molecule has 0 bridgehead atoms. The van der Waals surface area contributed by atoms with Crippen molar-refractivity contribution in [3.63, 3.8) is 0 Å². The maximum absolute atomic E-state index is 12.4. The maximum atomic E-state index is 12.4. The van der Waals surface area contributed by atoms with Crippen LogP contribution in [0, 0.1) is 11.3 Å². The number of hydrogen-bond acceptors (Lipinski definition) is 2. The van der Waals surface area contributed by atoms with Crippen LogP contribution in [0.15, 0.2) is 30.5 Å². The molecule has 0 aliphatic heterocycles. The molecule has 0 fully saturated rings. The van der Waals surface area contributed by atoms with Gasteiger partial charge in [0.1, 0.15) is 12.7 Å². The van der Waals surface area contributed by atoms with Crippen molar-refractivity contribution >= 4 is 5.57 Å². The van der Waals surface area contributed by atoms with Crippen molar-refractivity contribution in [2.24, 2.45) is 0 Å². The van der Waals surface area contributed by atoms with Crippen molar-refractivity contribution in [3.8, 4) is 6.07 Å². The lowest BCUT2D eigenvalue weighted by Crippen LogP contribution is -2.02. The molecule has 3 heteroatoms. The van der Waals surface area contributed by atoms with Gasteiger partial charge < -0.3 is 4.90 Å². The minimum atomic E-state index is -0.505. The van der Waals surface area contributed by atoms with Gasteiger partial charge in [-0.25, -0.2) is 4.39 Å². The molecule has 0 atom stereocenters. The van der Waals surface area contributed by atoms with Gasteiger partial charge in [0, 0.05) is 20.3 Å². The summed E-state index contributed by atoms with van der Waals surface area (Å²) in [5, 5.41) is 8.95. The van der Waals surface area contributed by atoms with E-state index in [9.17, 15) is 4.39 Å². The zero-order valence-corrected chi connectivity index (χ0v) is 8.87. The summed E-state index contributed by atoms with van der Waals surface area (Å²) >= 11 is 0. The highest BCUT2D eigenvalue weighted by molar-refractivity contribution is 5.76. The van der Waals surface area contributed by atoms with Gasteiger partial charge >= 0.3 is 0 Å². The SMILES string of the molecule is CN(C)/C=C(\C#N)c1cccc(CF)c1.